The van der Waals surface area contributed by atoms with Crippen LogP contribution in [0.3, 0.4) is 0 Å². The molecule has 6 atom stereocenters. The number of anilines is 2. The summed E-state index contributed by atoms with van der Waals surface area (Å²) in [5, 5.41) is 11.4. The molecule has 3 fully saturated rings. The van der Waals surface area contributed by atoms with Crippen LogP contribution in [0.1, 0.15) is 31.2 Å². The van der Waals surface area contributed by atoms with Gasteiger partial charge in [-0.3, -0.25) is 24.1 Å². The molecule has 0 aromatic heterocycles. The van der Waals surface area contributed by atoms with E-state index in [2.05, 4.69) is 0 Å². The summed E-state index contributed by atoms with van der Waals surface area (Å²) in [6, 6.07) is 22.9. The number of nitrogens with zero attached hydrogens (tertiary/aromatic N) is 2. The molecule has 0 bridgehead atoms. The lowest BCUT2D eigenvalue weighted by molar-refractivity contribution is -0.131. The summed E-state index contributed by atoms with van der Waals surface area (Å²) in [6.45, 7) is 1.80. The summed E-state index contributed by atoms with van der Waals surface area (Å²) in [7, 11) is 1.46. The number of imide groups is 2. The second kappa shape index (κ2) is 9.41. The quantitative estimate of drug-likeness (QED) is 0.361. The van der Waals surface area contributed by atoms with E-state index in [0.717, 1.165) is 5.57 Å². The van der Waals surface area contributed by atoms with E-state index in [4.69, 9.17) is 4.74 Å². The molecule has 42 heavy (non-hydrogen) atoms. The van der Waals surface area contributed by atoms with Crippen LogP contribution in [0.4, 0.5) is 11.4 Å². The van der Waals surface area contributed by atoms with Crippen LogP contribution in [0.5, 0.6) is 11.5 Å². The number of fused-ring (bicyclic) bond motifs is 4. The van der Waals surface area contributed by atoms with Crippen LogP contribution < -0.4 is 14.5 Å². The number of aromatic hydroxyl groups is 1. The van der Waals surface area contributed by atoms with Crippen molar-refractivity contribution in [1.29, 1.82) is 0 Å². The number of ether oxygens (including phenoxy) is 1. The molecule has 212 valence electrons. The Bertz CT molecular complexity index is 1670. The van der Waals surface area contributed by atoms with Crippen molar-refractivity contribution in [1.82, 2.24) is 0 Å². The fourth-order valence-electron chi connectivity index (χ4n) is 7.95. The van der Waals surface area contributed by atoms with Crippen molar-refractivity contribution in [2.24, 2.45) is 29.1 Å². The minimum absolute atomic E-state index is 0.105. The van der Waals surface area contributed by atoms with Crippen LogP contribution in [0.15, 0.2) is 90.5 Å². The van der Waals surface area contributed by atoms with Gasteiger partial charge in [-0.05, 0) is 56.0 Å². The van der Waals surface area contributed by atoms with Crippen LogP contribution in [-0.2, 0) is 19.2 Å². The molecule has 4 amide bonds. The van der Waals surface area contributed by atoms with E-state index in [-0.39, 0.29) is 41.5 Å². The largest absolute Gasteiger partial charge is 0.504 e. The molecule has 0 unspecified atom stereocenters. The first kappa shape index (κ1) is 26.2. The van der Waals surface area contributed by atoms with E-state index >= 15 is 0 Å². The zero-order valence-electron chi connectivity index (χ0n) is 23.3. The highest BCUT2D eigenvalue weighted by atomic mass is 16.5. The van der Waals surface area contributed by atoms with Gasteiger partial charge < -0.3 is 9.84 Å². The van der Waals surface area contributed by atoms with E-state index in [1.165, 1.54) is 16.9 Å². The molecule has 1 saturated carbocycles. The number of hydrogen-bond acceptors (Lipinski definition) is 6. The van der Waals surface area contributed by atoms with E-state index < -0.39 is 35.0 Å². The Hall–Kier alpha value is -4.72. The third-order valence-corrected chi connectivity index (χ3v) is 9.86. The van der Waals surface area contributed by atoms with E-state index in [1.54, 1.807) is 73.7 Å². The summed E-state index contributed by atoms with van der Waals surface area (Å²) >= 11 is 0. The predicted octanol–water partition coefficient (Wildman–Crippen LogP) is 4.84. The number of para-hydroxylation sites is 3. The average Bonchev–Trinajstić information content (AvgIpc) is 3.38. The van der Waals surface area contributed by atoms with Crippen molar-refractivity contribution in [3.05, 3.63) is 96.1 Å². The highest BCUT2D eigenvalue weighted by Gasteiger charge is 2.68. The summed E-state index contributed by atoms with van der Waals surface area (Å²) in [5.41, 5.74) is 1.04. The number of benzene rings is 3. The smallest absolute Gasteiger partial charge is 0.241 e. The predicted molar refractivity (Wildman–Crippen MR) is 155 cm³/mol. The second-order valence-electron chi connectivity index (χ2n) is 11.7. The van der Waals surface area contributed by atoms with E-state index in [0.29, 0.717) is 23.4 Å². The Labute approximate surface area is 243 Å². The van der Waals surface area contributed by atoms with Gasteiger partial charge in [-0.15, -0.1) is 0 Å². The normalized spacial score (nSPS) is 30.1. The number of phenols is 1. The maximum absolute atomic E-state index is 14.4. The van der Waals surface area contributed by atoms with Gasteiger partial charge in [-0.25, -0.2) is 4.90 Å². The molecule has 0 spiro atoms. The fraction of sp³-hybridized carbons (Fsp3) is 0.294. The van der Waals surface area contributed by atoms with Gasteiger partial charge in [0.2, 0.25) is 23.6 Å². The van der Waals surface area contributed by atoms with Crippen LogP contribution in [0, 0.1) is 29.1 Å². The molecule has 4 aliphatic rings. The molecule has 0 radical (unpaired) electrons. The highest BCUT2D eigenvalue weighted by molar-refractivity contribution is 6.25. The summed E-state index contributed by atoms with van der Waals surface area (Å²) in [5.74, 6) is -4.26. The third kappa shape index (κ3) is 3.41. The standard InChI is InChI=1S/C34H30N2O6/c1-34-25(31(39)36(33(34)41)20-12-7-4-8-13-20)18-24-21(28(34)23-14-9-15-26(42-2)29(23)37)16-17-22-27(24)32(40)35(30(22)38)19-10-5-3-6-11-19/h3-16,22,24-25,27-28,37H,17-18H2,1-2H3/t22-,24+,25-,27-,28+,34+/m0/s1. The van der Waals surface area contributed by atoms with Crippen molar-refractivity contribution in [3.63, 3.8) is 0 Å². The first-order valence-corrected chi connectivity index (χ1v) is 14.2. The minimum atomic E-state index is -1.24. The number of carbonyl (C=O) groups is 4. The average molecular weight is 563 g/mol. The van der Waals surface area contributed by atoms with Gasteiger partial charge in [0, 0.05) is 11.5 Å². The maximum atomic E-state index is 14.4. The van der Waals surface area contributed by atoms with Crippen molar-refractivity contribution >= 4 is 35.0 Å². The van der Waals surface area contributed by atoms with Gasteiger partial charge in [0.15, 0.2) is 11.5 Å². The molecule has 3 aromatic rings. The molecular formula is C34H30N2O6. The second-order valence-corrected chi connectivity index (χ2v) is 11.7. The van der Waals surface area contributed by atoms with Crippen LogP contribution in [0.25, 0.3) is 0 Å². The Morgan fingerprint density at radius 1 is 0.786 bits per heavy atom. The topological polar surface area (TPSA) is 104 Å². The number of methoxy groups -OCH3 is 1. The Morgan fingerprint density at radius 3 is 2.07 bits per heavy atom. The number of phenolic OH excluding ortho intramolecular Hbond substituents is 1. The Morgan fingerprint density at radius 2 is 1.43 bits per heavy atom. The molecular weight excluding hydrogens is 532 g/mol. The molecule has 2 aliphatic carbocycles. The van der Waals surface area contributed by atoms with Crippen LogP contribution in [-0.4, -0.2) is 35.8 Å². The molecule has 2 aliphatic heterocycles. The number of allylic oxidation sites excluding steroid dienone is 2. The van der Waals surface area contributed by atoms with Crippen molar-refractivity contribution in [2.45, 2.75) is 25.7 Å². The van der Waals surface area contributed by atoms with Gasteiger partial charge in [0.05, 0.1) is 41.7 Å². The van der Waals surface area contributed by atoms with Crippen molar-refractivity contribution in [2.75, 3.05) is 16.9 Å². The van der Waals surface area contributed by atoms with Gasteiger partial charge in [0.1, 0.15) is 0 Å². The maximum Gasteiger partial charge on any atom is 0.241 e. The highest BCUT2D eigenvalue weighted by Crippen LogP contribution is 2.64. The Kier molecular flexibility index (Phi) is 5.87. The van der Waals surface area contributed by atoms with Gasteiger partial charge in [-0.2, -0.15) is 0 Å². The first-order chi connectivity index (χ1) is 20.3. The van der Waals surface area contributed by atoms with Crippen LogP contribution >= 0.6 is 0 Å². The molecule has 8 nitrogen and oxygen atoms in total. The summed E-state index contributed by atoms with van der Waals surface area (Å²) in [6.07, 6.45) is 2.55. The van der Waals surface area contributed by atoms with E-state index in [1.807, 2.05) is 18.2 Å². The lowest BCUT2D eigenvalue weighted by Crippen LogP contribution is -2.48. The SMILES string of the molecule is COc1cccc([C@H]2C3=CC[C@@H]4C(=O)N(c5ccccc5)C(=O)[C@@H]4[C@@H]3C[C@H]3C(=O)N(c4ccccc4)C(=O)[C@@]23C)c1O. The minimum Gasteiger partial charge on any atom is -0.504 e. The molecule has 2 heterocycles. The van der Waals surface area contributed by atoms with E-state index in [9.17, 15) is 24.3 Å². The monoisotopic (exact) mass is 562 g/mol. The summed E-state index contributed by atoms with van der Waals surface area (Å²) < 4.78 is 5.42. The van der Waals surface area contributed by atoms with Gasteiger partial charge in [0.25, 0.3) is 0 Å². The molecule has 1 N–H and O–H groups in total. The molecule has 8 heteroatoms. The molecule has 2 saturated heterocycles. The van der Waals surface area contributed by atoms with Gasteiger partial charge >= 0.3 is 0 Å². The lowest BCUT2D eigenvalue weighted by Gasteiger charge is -2.49. The van der Waals surface area contributed by atoms with Crippen LogP contribution in [0.2, 0.25) is 0 Å². The van der Waals surface area contributed by atoms with Crippen molar-refractivity contribution < 1.29 is 29.0 Å². The van der Waals surface area contributed by atoms with Crippen molar-refractivity contribution in [3.8, 4) is 11.5 Å². The third-order valence-electron chi connectivity index (χ3n) is 9.86. The zero-order valence-corrected chi connectivity index (χ0v) is 23.3. The summed E-state index contributed by atoms with van der Waals surface area (Å²) in [4.78, 5) is 58.8. The molecule has 3 aromatic carbocycles. The number of amides is 4. The molecule has 7 rings (SSSR count). The number of carbonyl (C=O) groups excluding carboxylic acids is 4. The van der Waals surface area contributed by atoms with Gasteiger partial charge in [-0.1, -0.05) is 60.2 Å². The Balaban J connectivity index is 1.40. The fourth-order valence-corrected chi connectivity index (χ4v) is 7.95. The number of rotatable bonds is 4. The lowest BCUT2D eigenvalue weighted by atomic mass is 9.51. The number of hydrogen-bond donors (Lipinski definition) is 1. The first-order valence-electron chi connectivity index (χ1n) is 14.2. The zero-order chi connectivity index (χ0) is 29.3.